The summed E-state index contributed by atoms with van der Waals surface area (Å²) in [5, 5.41) is 0. The number of fused-ring (bicyclic) bond motifs is 1. The molecule has 3 nitrogen and oxygen atoms in total. The van der Waals surface area contributed by atoms with Crippen LogP contribution >= 0.6 is 0 Å². The van der Waals surface area contributed by atoms with Gasteiger partial charge < -0.3 is 9.47 Å². The first-order chi connectivity index (χ1) is 15.7. The van der Waals surface area contributed by atoms with Crippen molar-refractivity contribution in [2.24, 2.45) is 0 Å². The molecule has 3 rings (SSSR count). The SMILES string of the molecule is CCCCCCC1=[N+](Cc2ccccc2CCCCF)CCc2cc(OC)c(OC)cc21. The molecule has 174 valence electrons. The van der Waals surface area contributed by atoms with Gasteiger partial charge in [0, 0.05) is 24.0 Å². The molecular weight excluding hydrogens is 401 g/mol. The minimum absolute atomic E-state index is 0.230. The number of hydrogen-bond acceptors (Lipinski definition) is 2. The average Bonchev–Trinajstić information content (AvgIpc) is 2.83. The summed E-state index contributed by atoms with van der Waals surface area (Å²) in [5.74, 6) is 1.61. The van der Waals surface area contributed by atoms with Crippen molar-refractivity contribution in [3.63, 3.8) is 0 Å². The Morgan fingerprint density at radius 3 is 2.31 bits per heavy atom. The number of aryl methyl sites for hydroxylation is 1. The molecule has 1 aliphatic rings. The second-order valence-electron chi connectivity index (χ2n) is 8.71. The minimum Gasteiger partial charge on any atom is -0.493 e. The van der Waals surface area contributed by atoms with Gasteiger partial charge in [0.15, 0.2) is 23.8 Å². The van der Waals surface area contributed by atoms with E-state index >= 15 is 0 Å². The van der Waals surface area contributed by atoms with Crippen LogP contribution in [0.3, 0.4) is 0 Å². The Labute approximate surface area is 193 Å². The molecule has 0 N–H and O–H groups in total. The lowest BCUT2D eigenvalue weighted by Crippen LogP contribution is -2.30. The average molecular weight is 441 g/mol. The number of halogens is 1. The third kappa shape index (κ3) is 6.11. The molecule has 1 aliphatic heterocycles. The molecule has 0 bridgehead atoms. The Morgan fingerprint density at radius 1 is 0.875 bits per heavy atom. The first kappa shape index (κ1) is 24.3. The quantitative estimate of drug-likeness (QED) is 0.261. The molecule has 0 aliphatic carbocycles. The largest absolute Gasteiger partial charge is 0.493 e. The normalized spacial score (nSPS) is 13.2. The first-order valence-electron chi connectivity index (χ1n) is 12.2. The van der Waals surface area contributed by atoms with E-state index in [1.165, 1.54) is 53.6 Å². The summed E-state index contributed by atoms with van der Waals surface area (Å²) in [6, 6.07) is 13.0. The van der Waals surface area contributed by atoms with Gasteiger partial charge in [-0.1, -0.05) is 50.5 Å². The molecule has 1 heterocycles. The molecule has 0 unspecified atom stereocenters. The summed E-state index contributed by atoms with van der Waals surface area (Å²) in [5.41, 5.74) is 6.79. The second kappa shape index (κ2) is 12.6. The van der Waals surface area contributed by atoms with E-state index in [2.05, 4.69) is 47.9 Å². The monoisotopic (exact) mass is 440 g/mol. The molecular formula is C28H39FNO2+. The molecule has 32 heavy (non-hydrogen) atoms. The fourth-order valence-corrected chi connectivity index (χ4v) is 4.71. The van der Waals surface area contributed by atoms with Crippen LogP contribution in [0.4, 0.5) is 4.39 Å². The van der Waals surface area contributed by atoms with E-state index in [0.717, 1.165) is 50.3 Å². The second-order valence-corrected chi connectivity index (χ2v) is 8.71. The molecule has 0 fully saturated rings. The van der Waals surface area contributed by atoms with Crippen LogP contribution in [0.2, 0.25) is 0 Å². The molecule has 0 saturated heterocycles. The Morgan fingerprint density at radius 2 is 1.59 bits per heavy atom. The van der Waals surface area contributed by atoms with Crippen LogP contribution in [-0.4, -0.2) is 37.7 Å². The van der Waals surface area contributed by atoms with E-state index < -0.39 is 0 Å². The zero-order valence-corrected chi connectivity index (χ0v) is 20.1. The zero-order chi connectivity index (χ0) is 22.8. The zero-order valence-electron chi connectivity index (χ0n) is 20.1. The van der Waals surface area contributed by atoms with Gasteiger partial charge in [0.25, 0.3) is 0 Å². The summed E-state index contributed by atoms with van der Waals surface area (Å²) in [6.45, 7) is 3.94. The van der Waals surface area contributed by atoms with Gasteiger partial charge in [-0.2, -0.15) is 0 Å². The highest BCUT2D eigenvalue weighted by molar-refractivity contribution is 5.99. The number of rotatable bonds is 13. The maximum Gasteiger partial charge on any atom is 0.184 e. The van der Waals surface area contributed by atoms with Crippen LogP contribution in [0.1, 0.15) is 74.1 Å². The van der Waals surface area contributed by atoms with E-state index in [4.69, 9.17) is 9.47 Å². The van der Waals surface area contributed by atoms with Gasteiger partial charge in [0.1, 0.15) is 6.54 Å². The number of methoxy groups -OCH3 is 2. The molecule has 2 aromatic rings. The predicted octanol–water partition coefficient (Wildman–Crippen LogP) is 6.52. The smallest absolute Gasteiger partial charge is 0.184 e. The highest BCUT2D eigenvalue weighted by Gasteiger charge is 2.28. The van der Waals surface area contributed by atoms with E-state index in [9.17, 15) is 4.39 Å². The van der Waals surface area contributed by atoms with Gasteiger partial charge in [-0.15, -0.1) is 0 Å². The molecule has 4 heteroatoms. The maximum atomic E-state index is 12.6. The highest BCUT2D eigenvalue weighted by Crippen LogP contribution is 2.33. The van der Waals surface area contributed by atoms with Crippen molar-refractivity contribution in [2.45, 2.75) is 71.3 Å². The van der Waals surface area contributed by atoms with Crippen LogP contribution in [0.25, 0.3) is 0 Å². The van der Waals surface area contributed by atoms with Crippen molar-refractivity contribution in [3.8, 4) is 11.5 Å². The van der Waals surface area contributed by atoms with Crippen molar-refractivity contribution in [1.82, 2.24) is 0 Å². The Hall–Kier alpha value is -2.36. The lowest BCUT2D eigenvalue weighted by molar-refractivity contribution is -0.545. The highest BCUT2D eigenvalue weighted by atomic mass is 19.1. The molecule has 0 atom stereocenters. The van der Waals surface area contributed by atoms with Gasteiger partial charge in [0.05, 0.1) is 20.9 Å². The molecule has 0 aromatic heterocycles. The molecule has 2 aromatic carbocycles. The van der Waals surface area contributed by atoms with Gasteiger partial charge in [-0.3, -0.25) is 4.39 Å². The predicted molar refractivity (Wildman–Crippen MR) is 130 cm³/mol. The lowest BCUT2D eigenvalue weighted by Gasteiger charge is -2.21. The Balaban J connectivity index is 1.95. The van der Waals surface area contributed by atoms with Gasteiger partial charge in [-0.25, -0.2) is 4.58 Å². The van der Waals surface area contributed by atoms with Crippen molar-refractivity contribution in [2.75, 3.05) is 27.4 Å². The molecule has 0 radical (unpaired) electrons. The summed E-state index contributed by atoms with van der Waals surface area (Å²) >= 11 is 0. The van der Waals surface area contributed by atoms with E-state index in [1.807, 2.05) is 0 Å². The summed E-state index contributed by atoms with van der Waals surface area (Å²) in [6.07, 6.45) is 9.55. The summed E-state index contributed by atoms with van der Waals surface area (Å²) in [4.78, 5) is 0. The van der Waals surface area contributed by atoms with Crippen molar-refractivity contribution < 1.29 is 18.4 Å². The standard InChI is InChI=1S/C28H39FNO2/c1-4-5-6-7-15-26-25-20-28(32-3)27(31-2)19-23(25)16-18-30(26)21-24-14-9-8-12-22(24)13-10-11-17-29/h8-9,12,14,19-20H,4-7,10-11,13,15-18,21H2,1-3H3/q+1. The number of alkyl halides is 1. The fraction of sp³-hybridized carbons (Fsp3) is 0.536. The molecule has 0 spiro atoms. The summed E-state index contributed by atoms with van der Waals surface area (Å²) < 4.78 is 26.4. The third-order valence-corrected chi connectivity index (χ3v) is 6.53. The van der Waals surface area contributed by atoms with Gasteiger partial charge in [-0.05, 0) is 48.9 Å². The van der Waals surface area contributed by atoms with Crippen molar-refractivity contribution in [3.05, 3.63) is 58.7 Å². The van der Waals surface area contributed by atoms with Crippen LogP contribution in [-0.2, 0) is 19.4 Å². The van der Waals surface area contributed by atoms with E-state index in [-0.39, 0.29) is 6.67 Å². The Kier molecular flexibility index (Phi) is 9.58. The van der Waals surface area contributed by atoms with Crippen LogP contribution < -0.4 is 9.47 Å². The van der Waals surface area contributed by atoms with Crippen molar-refractivity contribution >= 4 is 5.71 Å². The third-order valence-electron chi connectivity index (χ3n) is 6.53. The number of benzene rings is 2. The first-order valence-corrected chi connectivity index (χ1v) is 12.2. The molecule has 0 saturated carbocycles. The summed E-state index contributed by atoms with van der Waals surface area (Å²) in [7, 11) is 3.41. The topological polar surface area (TPSA) is 21.5 Å². The van der Waals surface area contributed by atoms with Crippen LogP contribution in [0.5, 0.6) is 11.5 Å². The molecule has 0 amide bonds. The Bertz CT molecular complexity index is 906. The fourth-order valence-electron chi connectivity index (χ4n) is 4.71. The van der Waals surface area contributed by atoms with Crippen LogP contribution in [0.15, 0.2) is 36.4 Å². The van der Waals surface area contributed by atoms with Gasteiger partial charge >= 0.3 is 0 Å². The number of hydrogen-bond donors (Lipinski definition) is 0. The van der Waals surface area contributed by atoms with Crippen molar-refractivity contribution in [1.29, 1.82) is 0 Å². The number of ether oxygens (including phenoxy) is 2. The van der Waals surface area contributed by atoms with Gasteiger partial charge in [0.2, 0.25) is 0 Å². The maximum absolute atomic E-state index is 12.6. The van der Waals surface area contributed by atoms with E-state index in [1.54, 1.807) is 14.2 Å². The number of nitrogens with zero attached hydrogens (tertiary/aromatic N) is 1. The number of unbranched alkanes of at least 4 members (excludes halogenated alkanes) is 4. The van der Waals surface area contributed by atoms with E-state index in [0.29, 0.717) is 6.42 Å². The minimum atomic E-state index is -0.230. The van der Waals surface area contributed by atoms with Crippen LogP contribution in [0, 0.1) is 0 Å². The lowest BCUT2D eigenvalue weighted by atomic mass is 9.92.